The zero-order valence-electron chi connectivity index (χ0n) is 18.9. The number of rotatable bonds is 6. The van der Waals surface area contributed by atoms with E-state index in [4.69, 9.17) is 5.26 Å². The van der Waals surface area contributed by atoms with Gasteiger partial charge in [-0.3, -0.25) is 9.59 Å². The quantitative estimate of drug-likeness (QED) is 0.653. The molecule has 2 aliphatic heterocycles. The minimum Gasteiger partial charge on any atom is -0.348 e. The Morgan fingerprint density at radius 1 is 1.14 bits per heavy atom. The highest BCUT2D eigenvalue weighted by molar-refractivity contribution is 7.89. The highest BCUT2D eigenvalue weighted by Gasteiger charge is 2.38. The van der Waals surface area contributed by atoms with Crippen LogP contribution in [0.1, 0.15) is 41.7 Å². The standard InChI is InChI=1S/C24H24F2N4O4S/c1-15(18-8-19(25)11-20(26)9-18)28-23(31)22-6-3-7-30(22)24(32)17-4-2-5-21(10-17)35(33,34)29-13-16(12-27)14-29/h2,4-5,8-11,15-16,22H,3,6-7,13-14H2,1H3,(H,28,31)/t15?,22-/m1/s1. The summed E-state index contributed by atoms with van der Waals surface area (Å²) in [5.74, 6) is -2.79. The van der Waals surface area contributed by atoms with Gasteiger partial charge in [-0.25, -0.2) is 17.2 Å². The molecule has 1 N–H and O–H groups in total. The van der Waals surface area contributed by atoms with Crippen LogP contribution >= 0.6 is 0 Å². The Bertz CT molecular complexity index is 1280. The number of sulfonamides is 1. The van der Waals surface area contributed by atoms with Crippen molar-refractivity contribution in [1.82, 2.24) is 14.5 Å². The second-order valence-corrected chi connectivity index (χ2v) is 10.7. The lowest BCUT2D eigenvalue weighted by Crippen LogP contribution is -2.49. The van der Waals surface area contributed by atoms with Crippen LogP contribution in [0.15, 0.2) is 47.4 Å². The molecule has 0 spiro atoms. The molecule has 2 fully saturated rings. The first-order chi connectivity index (χ1) is 16.6. The van der Waals surface area contributed by atoms with E-state index in [0.717, 1.165) is 18.2 Å². The number of hydrogen-bond acceptors (Lipinski definition) is 5. The van der Waals surface area contributed by atoms with Gasteiger partial charge in [-0.1, -0.05) is 6.07 Å². The minimum absolute atomic E-state index is 0.0540. The van der Waals surface area contributed by atoms with Crippen LogP contribution < -0.4 is 5.32 Å². The topological polar surface area (TPSA) is 111 Å². The van der Waals surface area contributed by atoms with Gasteiger partial charge in [0.25, 0.3) is 5.91 Å². The van der Waals surface area contributed by atoms with Crippen molar-refractivity contribution in [3.63, 3.8) is 0 Å². The molecule has 0 radical (unpaired) electrons. The average molecular weight is 503 g/mol. The van der Waals surface area contributed by atoms with Crippen molar-refractivity contribution < 1.29 is 26.8 Å². The summed E-state index contributed by atoms with van der Waals surface area (Å²) in [5.41, 5.74) is 0.387. The Kier molecular flexibility index (Phi) is 6.87. The molecular formula is C24H24F2N4O4S. The van der Waals surface area contributed by atoms with Gasteiger partial charge in [-0.2, -0.15) is 9.57 Å². The molecule has 184 valence electrons. The Labute approximate surface area is 202 Å². The lowest BCUT2D eigenvalue weighted by Gasteiger charge is -2.34. The van der Waals surface area contributed by atoms with Crippen LogP contribution in [0.5, 0.6) is 0 Å². The van der Waals surface area contributed by atoms with E-state index >= 15 is 0 Å². The zero-order chi connectivity index (χ0) is 25.3. The third-order valence-electron chi connectivity index (χ3n) is 6.31. The smallest absolute Gasteiger partial charge is 0.254 e. The number of halogens is 2. The van der Waals surface area contributed by atoms with Gasteiger partial charge in [0.15, 0.2) is 0 Å². The minimum atomic E-state index is -3.84. The highest BCUT2D eigenvalue weighted by Crippen LogP contribution is 2.27. The number of nitrogens with one attached hydrogen (secondary N) is 1. The lowest BCUT2D eigenvalue weighted by molar-refractivity contribution is -0.125. The van der Waals surface area contributed by atoms with E-state index in [1.807, 2.05) is 6.07 Å². The molecule has 1 unspecified atom stereocenters. The number of carbonyl (C=O) groups is 2. The predicted molar refractivity (Wildman–Crippen MR) is 121 cm³/mol. The molecule has 2 atom stereocenters. The molecule has 0 aromatic heterocycles. The Balaban J connectivity index is 1.48. The fourth-order valence-electron chi connectivity index (χ4n) is 4.32. The molecule has 2 aromatic rings. The first kappa shape index (κ1) is 24.8. The van der Waals surface area contributed by atoms with E-state index < -0.39 is 45.6 Å². The number of hydrogen-bond donors (Lipinski definition) is 1. The molecule has 2 amide bonds. The zero-order valence-corrected chi connectivity index (χ0v) is 19.8. The molecule has 0 bridgehead atoms. The number of nitriles is 1. The maximum Gasteiger partial charge on any atom is 0.254 e. The van der Waals surface area contributed by atoms with Gasteiger partial charge in [-0.15, -0.1) is 0 Å². The largest absolute Gasteiger partial charge is 0.348 e. The van der Waals surface area contributed by atoms with Gasteiger partial charge >= 0.3 is 0 Å². The molecule has 0 aliphatic carbocycles. The third kappa shape index (κ3) is 5.04. The Hall–Kier alpha value is -3.36. The van der Waals surface area contributed by atoms with Crippen molar-refractivity contribution in [3.8, 4) is 6.07 Å². The van der Waals surface area contributed by atoms with Gasteiger partial charge in [-0.05, 0) is 55.7 Å². The number of nitrogens with zero attached hydrogens (tertiary/aromatic N) is 3. The summed E-state index contributed by atoms with van der Waals surface area (Å²) < 4.78 is 53.9. The first-order valence-corrected chi connectivity index (χ1v) is 12.6. The maximum atomic E-state index is 13.5. The van der Waals surface area contributed by atoms with Crippen LogP contribution in [0.25, 0.3) is 0 Å². The summed E-state index contributed by atoms with van der Waals surface area (Å²) in [4.78, 5) is 27.5. The SMILES string of the molecule is CC(NC(=O)[C@H]1CCCN1C(=O)c1cccc(S(=O)(=O)N2CC(C#N)C2)c1)c1cc(F)cc(F)c1. The van der Waals surface area contributed by atoms with Gasteiger partial charge < -0.3 is 10.2 Å². The van der Waals surface area contributed by atoms with Crippen molar-refractivity contribution in [3.05, 3.63) is 65.2 Å². The van der Waals surface area contributed by atoms with E-state index in [9.17, 15) is 26.8 Å². The van der Waals surface area contributed by atoms with E-state index in [-0.39, 0.29) is 35.0 Å². The number of benzene rings is 2. The highest BCUT2D eigenvalue weighted by atomic mass is 32.2. The summed E-state index contributed by atoms with van der Waals surface area (Å²) in [7, 11) is -3.84. The van der Waals surface area contributed by atoms with E-state index in [0.29, 0.717) is 19.4 Å². The molecule has 35 heavy (non-hydrogen) atoms. The molecule has 4 rings (SSSR count). The molecule has 2 heterocycles. The van der Waals surface area contributed by atoms with Gasteiger partial charge in [0.05, 0.1) is 22.9 Å². The number of likely N-dealkylation sites (tertiary alicyclic amines) is 1. The van der Waals surface area contributed by atoms with Crippen molar-refractivity contribution in [2.45, 2.75) is 36.7 Å². The maximum absolute atomic E-state index is 13.5. The van der Waals surface area contributed by atoms with Crippen LogP contribution in [-0.4, -0.2) is 55.1 Å². The second-order valence-electron chi connectivity index (χ2n) is 8.77. The summed E-state index contributed by atoms with van der Waals surface area (Å²) in [5, 5.41) is 11.6. The van der Waals surface area contributed by atoms with Crippen LogP contribution in [0.3, 0.4) is 0 Å². The van der Waals surface area contributed by atoms with Crippen LogP contribution in [0.2, 0.25) is 0 Å². The fourth-order valence-corrected chi connectivity index (χ4v) is 5.90. The van der Waals surface area contributed by atoms with Crippen LogP contribution in [-0.2, 0) is 14.8 Å². The monoisotopic (exact) mass is 502 g/mol. The normalized spacial score (nSPS) is 19.6. The van der Waals surface area contributed by atoms with Gasteiger partial charge in [0.2, 0.25) is 15.9 Å². The van der Waals surface area contributed by atoms with E-state index in [2.05, 4.69) is 5.32 Å². The summed E-state index contributed by atoms with van der Waals surface area (Å²) in [6.45, 7) is 2.12. The second kappa shape index (κ2) is 9.71. The molecule has 2 aromatic carbocycles. The van der Waals surface area contributed by atoms with Crippen molar-refractivity contribution >= 4 is 21.8 Å². The van der Waals surface area contributed by atoms with Gasteiger partial charge in [0, 0.05) is 31.3 Å². The van der Waals surface area contributed by atoms with Crippen molar-refractivity contribution in [2.75, 3.05) is 19.6 Å². The molecule has 2 aliphatic rings. The molecular weight excluding hydrogens is 478 g/mol. The summed E-state index contributed by atoms with van der Waals surface area (Å²) >= 11 is 0. The average Bonchev–Trinajstić information content (AvgIpc) is 3.27. The van der Waals surface area contributed by atoms with Crippen molar-refractivity contribution in [2.24, 2.45) is 5.92 Å². The van der Waals surface area contributed by atoms with E-state index in [1.165, 1.54) is 33.5 Å². The molecule has 0 saturated carbocycles. The fraction of sp³-hybridized carbons (Fsp3) is 0.375. The molecule has 2 saturated heterocycles. The van der Waals surface area contributed by atoms with Gasteiger partial charge in [0.1, 0.15) is 17.7 Å². The third-order valence-corrected chi connectivity index (χ3v) is 8.14. The summed E-state index contributed by atoms with van der Waals surface area (Å²) in [6.07, 6.45) is 0.983. The molecule has 8 nitrogen and oxygen atoms in total. The number of carbonyl (C=O) groups excluding carboxylic acids is 2. The number of amides is 2. The first-order valence-electron chi connectivity index (χ1n) is 11.2. The Morgan fingerprint density at radius 2 is 1.83 bits per heavy atom. The molecule has 11 heteroatoms. The summed E-state index contributed by atoms with van der Waals surface area (Å²) in [6, 6.07) is 9.17. The van der Waals surface area contributed by atoms with Crippen molar-refractivity contribution in [1.29, 1.82) is 5.26 Å². The van der Waals surface area contributed by atoms with Crippen LogP contribution in [0, 0.1) is 28.9 Å². The predicted octanol–water partition coefficient (Wildman–Crippen LogP) is 2.59. The Morgan fingerprint density at radius 3 is 2.49 bits per heavy atom. The van der Waals surface area contributed by atoms with Crippen LogP contribution in [0.4, 0.5) is 8.78 Å². The van der Waals surface area contributed by atoms with E-state index in [1.54, 1.807) is 6.92 Å². The lowest BCUT2D eigenvalue weighted by atomic mass is 10.1.